The fourth-order valence-electron chi connectivity index (χ4n) is 1.71. The molecule has 0 heterocycles. The highest BCUT2D eigenvalue weighted by molar-refractivity contribution is 6.30. The number of primary amides is 1. The van der Waals surface area contributed by atoms with Gasteiger partial charge in [0.15, 0.2) is 0 Å². The van der Waals surface area contributed by atoms with E-state index in [4.69, 9.17) is 17.3 Å². The van der Waals surface area contributed by atoms with E-state index in [1.807, 2.05) is 0 Å². The predicted octanol–water partition coefficient (Wildman–Crippen LogP) is 1.99. The third-order valence-corrected chi connectivity index (χ3v) is 2.85. The quantitative estimate of drug-likeness (QED) is 0.617. The summed E-state index contributed by atoms with van der Waals surface area (Å²) in [6.45, 7) is 3.83. The van der Waals surface area contributed by atoms with Gasteiger partial charge in [-0.2, -0.15) is 0 Å². The van der Waals surface area contributed by atoms with Crippen LogP contribution in [0.1, 0.15) is 25.8 Å². The highest BCUT2D eigenvalue weighted by Crippen LogP contribution is 2.23. The van der Waals surface area contributed by atoms with Crippen molar-refractivity contribution in [3.8, 4) is 0 Å². The highest BCUT2D eigenvalue weighted by atomic mass is 35.5. The van der Waals surface area contributed by atoms with Crippen molar-refractivity contribution in [2.24, 2.45) is 5.73 Å². The van der Waals surface area contributed by atoms with E-state index in [0.29, 0.717) is 10.6 Å². The molecule has 0 aliphatic rings. The first-order valence-corrected chi connectivity index (χ1v) is 6.05. The van der Waals surface area contributed by atoms with Crippen LogP contribution in [0, 0.1) is 10.1 Å². The zero-order valence-corrected chi connectivity index (χ0v) is 11.5. The van der Waals surface area contributed by atoms with Gasteiger partial charge in [0, 0.05) is 35.2 Å². The Morgan fingerprint density at radius 1 is 1.53 bits per heavy atom. The summed E-state index contributed by atoms with van der Waals surface area (Å²) in [7, 11) is 0. The molecule has 104 valence electrons. The number of rotatable bonds is 6. The number of carbonyl (C=O) groups excluding carboxylic acids is 1. The van der Waals surface area contributed by atoms with Crippen molar-refractivity contribution in [1.29, 1.82) is 0 Å². The lowest BCUT2D eigenvalue weighted by molar-refractivity contribution is -0.385. The standard InChI is InChI=1S/C12H16ClN3O3/c1-12(2,6-11(14)17)15-7-8-5-9(13)3-4-10(8)16(18)19/h3-5,15H,6-7H2,1-2H3,(H2,14,17). The third-order valence-electron chi connectivity index (χ3n) is 2.61. The Kier molecular flexibility index (Phi) is 4.85. The summed E-state index contributed by atoms with van der Waals surface area (Å²) in [5.41, 5.74) is 5.06. The number of nitrogens with zero attached hydrogens (tertiary/aromatic N) is 1. The molecule has 1 aromatic rings. The van der Waals surface area contributed by atoms with E-state index in [1.54, 1.807) is 13.8 Å². The minimum Gasteiger partial charge on any atom is -0.370 e. The van der Waals surface area contributed by atoms with Crippen molar-refractivity contribution in [2.45, 2.75) is 32.4 Å². The van der Waals surface area contributed by atoms with Gasteiger partial charge >= 0.3 is 0 Å². The summed E-state index contributed by atoms with van der Waals surface area (Å²) in [5, 5.41) is 14.4. The number of hydrogen-bond acceptors (Lipinski definition) is 4. The minimum atomic E-state index is -0.540. The molecule has 19 heavy (non-hydrogen) atoms. The van der Waals surface area contributed by atoms with E-state index in [1.165, 1.54) is 18.2 Å². The molecule has 0 spiro atoms. The second-order valence-electron chi connectivity index (χ2n) is 4.91. The Labute approximate surface area is 116 Å². The molecule has 0 atom stereocenters. The average molecular weight is 286 g/mol. The molecule has 0 radical (unpaired) electrons. The van der Waals surface area contributed by atoms with Gasteiger partial charge in [-0.1, -0.05) is 11.6 Å². The van der Waals surface area contributed by atoms with E-state index in [2.05, 4.69) is 5.32 Å². The summed E-state index contributed by atoms with van der Waals surface area (Å²) in [6, 6.07) is 4.37. The number of halogens is 1. The average Bonchev–Trinajstić information content (AvgIpc) is 2.24. The van der Waals surface area contributed by atoms with Crippen molar-refractivity contribution in [1.82, 2.24) is 5.32 Å². The number of carbonyl (C=O) groups is 1. The van der Waals surface area contributed by atoms with Crippen LogP contribution in [0.5, 0.6) is 0 Å². The Morgan fingerprint density at radius 2 is 2.16 bits per heavy atom. The van der Waals surface area contributed by atoms with Gasteiger partial charge in [-0.05, 0) is 26.0 Å². The largest absolute Gasteiger partial charge is 0.370 e. The van der Waals surface area contributed by atoms with Crippen LogP contribution in [0.15, 0.2) is 18.2 Å². The number of nitrogens with two attached hydrogens (primary N) is 1. The molecular weight excluding hydrogens is 270 g/mol. The fourth-order valence-corrected chi connectivity index (χ4v) is 1.90. The monoisotopic (exact) mass is 285 g/mol. The van der Waals surface area contributed by atoms with E-state index in [0.717, 1.165) is 0 Å². The lowest BCUT2D eigenvalue weighted by Gasteiger charge is -2.24. The number of nitro groups is 1. The van der Waals surface area contributed by atoms with Crippen LogP contribution in [0.4, 0.5) is 5.69 Å². The Bertz CT molecular complexity index is 503. The first kappa shape index (κ1) is 15.4. The van der Waals surface area contributed by atoms with Crippen molar-refractivity contribution in [2.75, 3.05) is 0 Å². The van der Waals surface area contributed by atoms with Gasteiger partial charge in [0.05, 0.1) is 4.92 Å². The summed E-state index contributed by atoms with van der Waals surface area (Å²) in [4.78, 5) is 21.3. The maximum Gasteiger partial charge on any atom is 0.273 e. The van der Waals surface area contributed by atoms with Crippen LogP contribution in [-0.4, -0.2) is 16.4 Å². The lowest BCUT2D eigenvalue weighted by atomic mass is 9.99. The van der Waals surface area contributed by atoms with Crippen LogP contribution in [0.2, 0.25) is 5.02 Å². The lowest BCUT2D eigenvalue weighted by Crippen LogP contribution is -2.42. The van der Waals surface area contributed by atoms with Crippen LogP contribution in [-0.2, 0) is 11.3 Å². The molecule has 0 saturated carbocycles. The molecule has 0 aliphatic carbocycles. The number of benzene rings is 1. The maximum atomic E-state index is 10.9. The predicted molar refractivity (Wildman–Crippen MR) is 72.8 cm³/mol. The Balaban J connectivity index is 2.85. The molecule has 1 aromatic carbocycles. The zero-order chi connectivity index (χ0) is 14.6. The molecule has 0 unspecified atom stereocenters. The number of amides is 1. The number of nitrogens with one attached hydrogen (secondary N) is 1. The molecule has 7 heteroatoms. The van der Waals surface area contributed by atoms with Gasteiger partial charge in [-0.3, -0.25) is 14.9 Å². The van der Waals surface area contributed by atoms with E-state index < -0.39 is 16.4 Å². The molecule has 1 amide bonds. The molecule has 1 rings (SSSR count). The van der Waals surface area contributed by atoms with Gasteiger partial charge in [-0.15, -0.1) is 0 Å². The van der Waals surface area contributed by atoms with E-state index in [-0.39, 0.29) is 18.7 Å². The fraction of sp³-hybridized carbons (Fsp3) is 0.417. The topological polar surface area (TPSA) is 98.3 Å². The third kappa shape index (κ3) is 4.84. The molecular formula is C12H16ClN3O3. The van der Waals surface area contributed by atoms with E-state index >= 15 is 0 Å². The van der Waals surface area contributed by atoms with Gasteiger partial charge in [0.1, 0.15) is 0 Å². The Morgan fingerprint density at radius 3 is 2.68 bits per heavy atom. The second kappa shape index (κ2) is 5.99. The minimum absolute atomic E-state index is 0.00762. The van der Waals surface area contributed by atoms with Crippen molar-refractivity contribution in [3.05, 3.63) is 38.9 Å². The zero-order valence-electron chi connectivity index (χ0n) is 10.8. The highest BCUT2D eigenvalue weighted by Gasteiger charge is 2.22. The summed E-state index contributed by atoms with van der Waals surface area (Å²) >= 11 is 5.83. The molecule has 0 saturated heterocycles. The van der Waals surface area contributed by atoms with Crippen molar-refractivity contribution >= 4 is 23.2 Å². The van der Waals surface area contributed by atoms with Crippen LogP contribution in [0.3, 0.4) is 0 Å². The molecule has 0 aromatic heterocycles. The first-order valence-electron chi connectivity index (χ1n) is 5.67. The van der Waals surface area contributed by atoms with Gasteiger partial charge in [0.25, 0.3) is 5.69 Å². The van der Waals surface area contributed by atoms with Gasteiger partial charge in [0.2, 0.25) is 5.91 Å². The molecule has 3 N–H and O–H groups in total. The number of hydrogen-bond donors (Lipinski definition) is 2. The van der Waals surface area contributed by atoms with E-state index in [9.17, 15) is 14.9 Å². The first-order chi connectivity index (χ1) is 8.71. The summed E-state index contributed by atoms with van der Waals surface area (Å²) < 4.78 is 0. The normalized spacial score (nSPS) is 11.3. The van der Waals surface area contributed by atoms with Gasteiger partial charge < -0.3 is 11.1 Å². The molecule has 0 aliphatic heterocycles. The SMILES string of the molecule is CC(C)(CC(N)=O)NCc1cc(Cl)ccc1[N+](=O)[O-]. The summed E-state index contributed by atoms with van der Waals surface area (Å²) in [5.74, 6) is -0.432. The summed E-state index contributed by atoms with van der Waals surface area (Å²) in [6.07, 6.45) is 0.140. The van der Waals surface area contributed by atoms with Crippen LogP contribution in [0.25, 0.3) is 0 Å². The van der Waals surface area contributed by atoms with Gasteiger partial charge in [-0.25, -0.2) is 0 Å². The second-order valence-corrected chi connectivity index (χ2v) is 5.35. The molecule has 0 fully saturated rings. The number of nitro benzene ring substituents is 1. The maximum absolute atomic E-state index is 10.9. The van der Waals surface area contributed by atoms with Crippen LogP contribution < -0.4 is 11.1 Å². The van der Waals surface area contributed by atoms with Crippen molar-refractivity contribution < 1.29 is 9.72 Å². The molecule has 6 nitrogen and oxygen atoms in total. The smallest absolute Gasteiger partial charge is 0.273 e. The van der Waals surface area contributed by atoms with Crippen molar-refractivity contribution in [3.63, 3.8) is 0 Å². The Hall–Kier alpha value is -1.66. The van der Waals surface area contributed by atoms with Crippen LogP contribution >= 0.6 is 11.6 Å². The molecule has 0 bridgehead atoms.